The molecule has 2 aromatic carbocycles. The summed E-state index contributed by atoms with van der Waals surface area (Å²) in [6.45, 7) is 0. The Labute approximate surface area is 131 Å². The molecule has 3 amide bonds. The minimum atomic E-state index is -2.09. The molecule has 122 valence electrons. The molecular weight excluding hydrogens is 332 g/mol. The van der Waals surface area contributed by atoms with E-state index in [9.17, 15) is 31.9 Å². The van der Waals surface area contributed by atoms with Gasteiger partial charge < -0.3 is 5.73 Å². The number of rotatable bonds is 2. The van der Waals surface area contributed by atoms with Crippen LogP contribution < -0.4 is 10.6 Å². The van der Waals surface area contributed by atoms with Crippen LogP contribution in [0.4, 0.5) is 23.2 Å². The fourth-order valence-electron chi connectivity index (χ4n) is 2.43. The first kappa shape index (κ1) is 15.7. The molecule has 1 aliphatic heterocycles. The van der Waals surface area contributed by atoms with Gasteiger partial charge in [0.15, 0.2) is 23.3 Å². The van der Waals surface area contributed by atoms with Crippen molar-refractivity contribution in [1.29, 1.82) is 0 Å². The molecular formula is C15H6F4N2O3. The fraction of sp³-hybridized carbons (Fsp3) is 0. The summed E-state index contributed by atoms with van der Waals surface area (Å²) in [4.78, 5) is 35.3. The average molecular weight is 338 g/mol. The highest BCUT2D eigenvalue weighted by Crippen LogP contribution is 2.35. The number of fused-ring (bicyclic) bond motifs is 1. The highest BCUT2D eigenvalue weighted by Gasteiger charge is 2.42. The normalized spacial score (nSPS) is 13.4. The highest BCUT2D eigenvalue weighted by molar-refractivity contribution is 6.34. The lowest BCUT2D eigenvalue weighted by Gasteiger charge is -2.17. The van der Waals surface area contributed by atoms with Gasteiger partial charge >= 0.3 is 0 Å². The molecule has 0 unspecified atom stereocenters. The highest BCUT2D eigenvalue weighted by atomic mass is 19.2. The van der Waals surface area contributed by atoms with Gasteiger partial charge in [-0.15, -0.1) is 0 Å². The topological polar surface area (TPSA) is 80.5 Å². The summed E-state index contributed by atoms with van der Waals surface area (Å²) in [7, 11) is 0. The Balaban J connectivity index is 2.28. The van der Waals surface area contributed by atoms with Crippen molar-refractivity contribution in [3.8, 4) is 0 Å². The summed E-state index contributed by atoms with van der Waals surface area (Å²) in [6, 6.07) is 5.24. The van der Waals surface area contributed by atoms with E-state index in [0.717, 1.165) is 0 Å². The second-order valence-electron chi connectivity index (χ2n) is 4.84. The summed E-state index contributed by atoms with van der Waals surface area (Å²) < 4.78 is 56.0. The van der Waals surface area contributed by atoms with E-state index in [2.05, 4.69) is 5.73 Å². The van der Waals surface area contributed by atoms with E-state index < -0.39 is 52.2 Å². The molecule has 0 aromatic heterocycles. The molecule has 0 fully saturated rings. The summed E-state index contributed by atoms with van der Waals surface area (Å²) in [5.74, 6) is -12.4. The Kier molecular flexibility index (Phi) is 3.36. The van der Waals surface area contributed by atoms with Crippen LogP contribution in [0.5, 0.6) is 0 Å². The van der Waals surface area contributed by atoms with Crippen LogP contribution in [-0.4, -0.2) is 17.7 Å². The summed E-state index contributed by atoms with van der Waals surface area (Å²) in [5.41, 5.74) is 1.15. The Morgan fingerprint density at radius 1 is 0.833 bits per heavy atom. The molecule has 1 aliphatic rings. The Bertz CT molecular complexity index is 879. The first-order chi connectivity index (χ1) is 11.3. The summed E-state index contributed by atoms with van der Waals surface area (Å²) in [5, 5.41) is 0. The number of hydrogen-bond acceptors (Lipinski definition) is 3. The number of nitrogens with zero attached hydrogens (tertiary/aromatic N) is 1. The van der Waals surface area contributed by atoms with Crippen molar-refractivity contribution in [3.05, 3.63) is 64.2 Å². The molecule has 0 bridgehead atoms. The maximum Gasteiger partial charge on any atom is 0.266 e. The lowest BCUT2D eigenvalue weighted by Crippen LogP contribution is -2.33. The monoisotopic (exact) mass is 338 g/mol. The van der Waals surface area contributed by atoms with Crippen LogP contribution in [0.25, 0.3) is 0 Å². The number of benzene rings is 2. The molecule has 24 heavy (non-hydrogen) atoms. The minimum absolute atomic E-state index is 0.0216. The van der Waals surface area contributed by atoms with E-state index in [1.54, 1.807) is 0 Å². The lowest BCUT2D eigenvalue weighted by molar-refractivity contribution is 0.0922. The van der Waals surface area contributed by atoms with E-state index in [1.165, 1.54) is 24.3 Å². The van der Waals surface area contributed by atoms with Gasteiger partial charge in [0.25, 0.3) is 17.7 Å². The molecule has 3 rings (SSSR count). The maximum atomic E-state index is 14.1. The maximum absolute atomic E-state index is 14.1. The van der Waals surface area contributed by atoms with E-state index in [4.69, 9.17) is 0 Å². The zero-order valence-electron chi connectivity index (χ0n) is 11.6. The number of hydrogen-bond donors (Lipinski definition) is 1. The summed E-state index contributed by atoms with van der Waals surface area (Å²) >= 11 is 0. The van der Waals surface area contributed by atoms with Gasteiger partial charge in [-0.1, -0.05) is 12.1 Å². The molecule has 1 heterocycles. The van der Waals surface area contributed by atoms with Crippen molar-refractivity contribution >= 4 is 23.4 Å². The molecule has 2 aromatic rings. The molecule has 5 nitrogen and oxygen atoms in total. The van der Waals surface area contributed by atoms with Gasteiger partial charge in [-0.25, -0.2) is 22.5 Å². The number of nitrogens with two attached hydrogens (primary N) is 1. The molecule has 0 saturated heterocycles. The number of halogens is 4. The van der Waals surface area contributed by atoms with Crippen LogP contribution in [0.3, 0.4) is 0 Å². The van der Waals surface area contributed by atoms with E-state index in [1.807, 2.05) is 0 Å². The largest absolute Gasteiger partial charge is 0.365 e. The predicted molar refractivity (Wildman–Crippen MR) is 72.4 cm³/mol. The van der Waals surface area contributed by atoms with Crippen LogP contribution in [-0.2, 0) is 0 Å². The van der Waals surface area contributed by atoms with Gasteiger partial charge in [0.2, 0.25) is 0 Å². The quantitative estimate of drug-likeness (QED) is 0.518. The fourth-order valence-corrected chi connectivity index (χ4v) is 2.43. The molecule has 9 heteroatoms. The van der Waals surface area contributed by atoms with Crippen LogP contribution in [0.2, 0.25) is 0 Å². The van der Waals surface area contributed by atoms with Crippen LogP contribution in [0, 0.1) is 23.3 Å². The van der Waals surface area contributed by atoms with Crippen molar-refractivity contribution in [1.82, 2.24) is 0 Å². The van der Waals surface area contributed by atoms with Gasteiger partial charge in [-0.3, -0.25) is 14.4 Å². The van der Waals surface area contributed by atoms with Crippen molar-refractivity contribution in [2.75, 3.05) is 4.90 Å². The zero-order valence-corrected chi connectivity index (χ0v) is 11.6. The number of imide groups is 1. The van der Waals surface area contributed by atoms with Crippen molar-refractivity contribution in [2.24, 2.45) is 5.73 Å². The molecule has 0 radical (unpaired) electrons. The summed E-state index contributed by atoms with van der Waals surface area (Å²) in [6.07, 6.45) is 0. The number of carbonyl (C=O) groups excluding carboxylic acids is 3. The Morgan fingerprint density at radius 2 is 1.25 bits per heavy atom. The Hall–Kier alpha value is -3.23. The van der Waals surface area contributed by atoms with Gasteiger partial charge in [0.1, 0.15) is 11.3 Å². The van der Waals surface area contributed by atoms with Gasteiger partial charge in [0.05, 0.1) is 11.1 Å². The predicted octanol–water partition coefficient (Wildman–Crippen LogP) is 2.14. The van der Waals surface area contributed by atoms with Crippen molar-refractivity contribution < 1.29 is 31.9 Å². The standard InChI is InChI=1S/C15H6F4N2O3/c16-8-7(13(20)22)9(17)11(19)12(10(8)18)21-14(23)5-3-1-2-4-6(5)15(21)24/h1-4H,(H2,20,22). The molecule has 0 spiro atoms. The second-order valence-corrected chi connectivity index (χ2v) is 4.84. The number of primary amides is 1. The van der Waals surface area contributed by atoms with Crippen LogP contribution in [0.15, 0.2) is 24.3 Å². The van der Waals surface area contributed by atoms with Gasteiger partial charge in [0, 0.05) is 0 Å². The van der Waals surface area contributed by atoms with E-state index in [0.29, 0.717) is 0 Å². The SMILES string of the molecule is NC(=O)c1c(F)c(F)c(N2C(=O)c3ccccc3C2=O)c(F)c1F. The van der Waals surface area contributed by atoms with E-state index in [-0.39, 0.29) is 16.0 Å². The van der Waals surface area contributed by atoms with Crippen LogP contribution >= 0.6 is 0 Å². The van der Waals surface area contributed by atoms with Crippen LogP contribution in [0.1, 0.15) is 31.1 Å². The molecule has 2 N–H and O–H groups in total. The third-order valence-electron chi connectivity index (χ3n) is 3.50. The van der Waals surface area contributed by atoms with Gasteiger partial charge in [-0.2, -0.15) is 0 Å². The molecule has 0 saturated carbocycles. The van der Waals surface area contributed by atoms with Crippen molar-refractivity contribution in [3.63, 3.8) is 0 Å². The smallest absolute Gasteiger partial charge is 0.266 e. The number of carbonyl (C=O) groups is 3. The number of amides is 3. The number of anilines is 1. The second kappa shape index (κ2) is 5.15. The third kappa shape index (κ3) is 1.91. The molecule has 0 atom stereocenters. The lowest BCUT2D eigenvalue weighted by atomic mass is 10.1. The average Bonchev–Trinajstić information content (AvgIpc) is 2.79. The zero-order chi connectivity index (χ0) is 17.8. The molecule has 0 aliphatic carbocycles. The third-order valence-corrected chi connectivity index (χ3v) is 3.50. The first-order valence-corrected chi connectivity index (χ1v) is 6.41. The first-order valence-electron chi connectivity index (χ1n) is 6.41. The minimum Gasteiger partial charge on any atom is -0.365 e. The van der Waals surface area contributed by atoms with Gasteiger partial charge in [-0.05, 0) is 12.1 Å². The van der Waals surface area contributed by atoms with Crippen molar-refractivity contribution in [2.45, 2.75) is 0 Å². The van der Waals surface area contributed by atoms with E-state index >= 15 is 0 Å². The Morgan fingerprint density at radius 3 is 1.62 bits per heavy atom.